The van der Waals surface area contributed by atoms with Crippen LogP contribution < -0.4 is 4.74 Å². The first kappa shape index (κ1) is 19.7. The average molecular weight is 406 g/mol. The number of methoxy groups -OCH3 is 1. The Morgan fingerprint density at radius 3 is 2.59 bits per heavy atom. The van der Waals surface area contributed by atoms with E-state index in [0.717, 1.165) is 27.5 Å². The van der Waals surface area contributed by atoms with Gasteiger partial charge in [0.25, 0.3) is 0 Å². The molecular formula is C19H23N3O3S2. The van der Waals surface area contributed by atoms with Gasteiger partial charge in [0.2, 0.25) is 10.0 Å². The summed E-state index contributed by atoms with van der Waals surface area (Å²) in [6, 6.07) is 12.8. The van der Waals surface area contributed by atoms with Gasteiger partial charge in [-0.3, -0.25) is 0 Å². The first-order valence-electron chi connectivity index (χ1n) is 8.74. The lowest BCUT2D eigenvalue weighted by Crippen LogP contribution is -2.30. The van der Waals surface area contributed by atoms with Gasteiger partial charge in [-0.2, -0.15) is 4.31 Å². The molecule has 2 aromatic carbocycles. The van der Waals surface area contributed by atoms with Gasteiger partial charge in [0, 0.05) is 18.0 Å². The number of thioether (sulfide) groups is 1. The van der Waals surface area contributed by atoms with E-state index < -0.39 is 10.0 Å². The highest BCUT2D eigenvalue weighted by atomic mass is 32.2. The van der Waals surface area contributed by atoms with Crippen molar-refractivity contribution in [2.45, 2.75) is 29.4 Å². The minimum atomic E-state index is -3.48. The molecule has 0 fully saturated rings. The quantitative estimate of drug-likeness (QED) is 0.576. The molecule has 0 aliphatic rings. The lowest BCUT2D eigenvalue weighted by Gasteiger charge is -2.18. The highest BCUT2D eigenvalue weighted by Gasteiger charge is 2.22. The number of ether oxygens (including phenoxy) is 1. The third-order valence-corrected chi connectivity index (χ3v) is 7.39. The van der Waals surface area contributed by atoms with Crippen molar-refractivity contribution in [3.05, 3.63) is 48.3 Å². The van der Waals surface area contributed by atoms with E-state index in [2.05, 4.69) is 9.97 Å². The van der Waals surface area contributed by atoms with Gasteiger partial charge in [-0.05, 0) is 30.3 Å². The molecule has 144 valence electrons. The zero-order chi connectivity index (χ0) is 19.4. The van der Waals surface area contributed by atoms with Crippen molar-refractivity contribution in [2.75, 3.05) is 20.2 Å². The predicted octanol–water partition coefficient (Wildman–Crippen LogP) is 3.89. The minimum absolute atomic E-state index is 0.284. The Balaban J connectivity index is 1.84. The highest BCUT2D eigenvalue weighted by molar-refractivity contribution is 7.98. The average Bonchev–Trinajstić information content (AvgIpc) is 3.09. The SMILES string of the molecule is CCN(CC)S(=O)(=O)c1ccc2nc(CSc3ccccc3OC)[nH]c2c1. The fourth-order valence-corrected chi connectivity index (χ4v) is 5.25. The molecule has 6 nitrogen and oxygen atoms in total. The van der Waals surface area contributed by atoms with E-state index in [9.17, 15) is 8.42 Å². The van der Waals surface area contributed by atoms with E-state index in [1.165, 1.54) is 4.31 Å². The van der Waals surface area contributed by atoms with Crippen LogP contribution in [0, 0.1) is 0 Å². The third kappa shape index (κ3) is 4.12. The van der Waals surface area contributed by atoms with Crippen LogP contribution in [0.25, 0.3) is 11.0 Å². The summed E-state index contributed by atoms with van der Waals surface area (Å²) in [4.78, 5) is 9.12. The number of hydrogen-bond donors (Lipinski definition) is 1. The molecule has 0 unspecified atom stereocenters. The van der Waals surface area contributed by atoms with E-state index in [-0.39, 0.29) is 4.90 Å². The standard InChI is InChI=1S/C19H23N3O3S2/c1-4-22(5-2)27(23,24)14-10-11-15-16(12-14)21-19(20-15)13-26-18-9-7-6-8-17(18)25-3/h6-12H,4-5,13H2,1-3H3,(H,20,21). The van der Waals surface area contributed by atoms with Crippen molar-refractivity contribution in [2.24, 2.45) is 0 Å². The first-order valence-corrected chi connectivity index (χ1v) is 11.2. The fourth-order valence-electron chi connectivity index (χ4n) is 2.87. The number of rotatable bonds is 8. The number of para-hydroxylation sites is 1. The van der Waals surface area contributed by atoms with Gasteiger partial charge >= 0.3 is 0 Å². The Morgan fingerprint density at radius 2 is 1.89 bits per heavy atom. The molecule has 0 saturated heterocycles. The number of nitrogens with zero attached hydrogens (tertiary/aromatic N) is 2. The number of H-pyrrole nitrogens is 1. The molecule has 1 aromatic heterocycles. The maximum atomic E-state index is 12.7. The molecule has 1 N–H and O–H groups in total. The van der Waals surface area contributed by atoms with Gasteiger partial charge in [-0.1, -0.05) is 26.0 Å². The monoisotopic (exact) mass is 405 g/mol. The molecular weight excluding hydrogens is 382 g/mol. The van der Waals surface area contributed by atoms with Crippen molar-refractivity contribution in [1.82, 2.24) is 14.3 Å². The number of aromatic nitrogens is 2. The van der Waals surface area contributed by atoms with Crippen LogP contribution in [0.5, 0.6) is 5.75 Å². The summed E-state index contributed by atoms with van der Waals surface area (Å²) in [5, 5.41) is 0. The van der Waals surface area contributed by atoms with Gasteiger partial charge in [0.1, 0.15) is 11.6 Å². The van der Waals surface area contributed by atoms with Gasteiger partial charge in [0.15, 0.2) is 0 Å². The Hall–Kier alpha value is -2.03. The Morgan fingerprint density at radius 1 is 1.15 bits per heavy atom. The highest BCUT2D eigenvalue weighted by Crippen LogP contribution is 2.31. The van der Waals surface area contributed by atoms with E-state index in [0.29, 0.717) is 18.8 Å². The summed E-state index contributed by atoms with van der Waals surface area (Å²) in [6.07, 6.45) is 0. The summed E-state index contributed by atoms with van der Waals surface area (Å²) < 4.78 is 32.2. The summed E-state index contributed by atoms with van der Waals surface area (Å²) >= 11 is 1.62. The van der Waals surface area contributed by atoms with Gasteiger partial charge < -0.3 is 9.72 Å². The molecule has 0 saturated carbocycles. The lowest BCUT2D eigenvalue weighted by atomic mass is 10.3. The summed E-state index contributed by atoms with van der Waals surface area (Å²) in [6.45, 7) is 4.56. The smallest absolute Gasteiger partial charge is 0.243 e. The van der Waals surface area contributed by atoms with Crippen LogP contribution in [0.1, 0.15) is 19.7 Å². The molecule has 0 radical (unpaired) electrons. The molecule has 0 aliphatic carbocycles. The summed E-state index contributed by atoms with van der Waals surface area (Å²) in [5.41, 5.74) is 1.47. The lowest BCUT2D eigenvalue weighted by molar-refractivity contribution is 0.405. The number of sulfonamides is 1. The van der Waals surface area contributed by atoms with Crippen molar-refractivity contribution in [3.63, 3.8) is 0 Å². The summed E-state index contributed by atoms with van der Waals surface area (Å²) in [7, 11) is -1.83. The van der Waals surface area contributed by atoms with Crippen LogP contribution in [0.3, 0.4) is 0 Å². The van der Waals surface area contributed by atoms with Crippen LogP contribution in [0.15, 0.2) is 52.3 Å². The molecule has 0 bridgehead atoms. The normalized spacial score (nSPS) is 12.0. The minimum Gasteiger partial charge on any atom is -0.496 e. The number of aromatic amines is 1. The van der Waals surface area contributed by atoms with Gasteiger partial charge in [0.05, 0.1) is 28.8 Å². The second kappa shape index (κ2) is 8.33. The zero-order valence-electron chi connectivity index (χ0n) is 15.6. The van der Waals surface area contributed by atoms with Crippen LogP contribution >= 0.6 is 11.8 Å². The second-order valence-electron chi connectivity index (χ2n) is 5.89. The van der Waals surface area contributed by atoms with E-state index in [1.807, 2.05) is 38.1 Å². The maximum absolute atomic E-state index is 12.7. The molecule has 1 heterocycles. The number of hydrogen-bond acceptors (Lipinski definition) is 5. The molecule has 27 heavy (non-hydrogen) atoms. The van der Waals surface area contributed by atoms with Crippen LogP contribution in [-0.4, -0.2) is 42.9 Å². The third-order valence-electron chi connectivity index (χ3n) is 4.28. The van der Waals surface area contributed by atoms with Crippen molar-refractivity contribution >= 4 is 32.8 Å². The van der Waals surface area contributed by atoms with E-state index >= 15 is 0 Å². The topological polar surface area (TPSA) is 75.3 Å². The molecule has 3 rings (SSSR count). The molecule has 0 aliphatic heterocycles. The first-order chi connectivity index (χ1) is 13.0. The number of fused-ring (bicyclic) bond motifs is 1. The van der Waals surface area contributed by atoms with Crippen molar-refractivity contribution in [1.29, 1.82) is 0 Å². The van der Waals surface area contributed by atoms with E-state index in [4.69, 9.17) is 4.74 Å². The van der Waals surface area contributed by atoms with Gasteiger partial charge in [-0.25, -0.2) is 13.4 Å². The molecule has 0 amide bonds. The van der Waals surface area contributed by atoms with Crippen molar-refractivity contribution < 1.29 is 13.2 Å². The Labute approximate surface area is 164 Å². The van der Waals surface area contributed by atoms with E-state index in [1.54, 1.807) is 37.1 Å². The van der Waals surface area contributed by atoms with Crippen LogP contribution in [0.4, 0.5) is 0 Å². The Bertz CT molecular complexity index is 1030. The predicted molar refractivity (Wildman–Crippen MR) is 109 cm³/mol. The molecule has 3 aromatic rings. The molecule has 8 heteroatoms. The van der Waals surface area contributed by atoms with Crippen LogP contribution in [-0.2, 0) is 15.8 Å². The largest absolute Gasteiger partial charge is 0.496 e. The number of imidazole rings is 1. The zero-order valence-corrected chi connectivity index (χ0v) is 17.2. The number of benzene rings is 2. The molecule has 0 atom stereocenters. The van der Waals surface area contributed by atoms with Crippen LogP contribution in [0.2, 0.25) is 0 Å². The number of nitrogens with one attached hydrogen (secondary N) is 1. The molecule has 0 spiro atoms. The van der Waals surface area contributed by atoms with Gasteiger partial charge in [-0.15, -0.1) is 11.8 Å². The second-order valence-corrected chi connectivity index (χ2v) is 8.85. The van der Waals surface area contributed by atoms with Crippen molar-refractivity contribution in [3.8, 4) is 5.75 Å². The fraction of sp³-hybridized carbons (Fsp3) is 0.316. The maximum Gasteiger partial charge on any atom is 0.243 e. The summed E-state index contributed by atoms with van der Waals surface area (Å²) in [5.74, 6) is 2.25. The Kier molecular flexibility index (Phi) is 6.08.